The van der Waals surface area contributed by atoms with Gasteiger partial charge in [0.05, 0.1) is 5.56 Å². The summed E-state index contributed by atoms with van der Waals surface area (Å²) in [5, 5.41) is 8.67. The Bertz CT molecular complexity index is 682. The fourth-order valence-corrected chi connectivity index (χ4v) is 1.72. The van der Waals surface area contributed by atoms with Crippen LogP contribution in [0.2, 0.25) is 0 Å². The third kappa shape index (κ3) is 4.26. The number of benzene rings is 2. The van der Waals surface area contributed by atoms with Crippen LogP contribution >= 0.6 is 0 Å². The lowest BCUT2D eigenvalue weighted by atomic mass is 10.2. The number of aliphatic hydroxyl groups excluding tert-OH is 1. The van der Waals surface area contributed by atoms with E-state index in [1.807, 2.05) is 0 Å². The van der Waals surface area contributed by atoms with Gasteiger partial charge in [-0.05, 0) is 35.9 Å². The Labute approximate surface area is 119 Å². The summed E-state index contributed by atoms with van der Waals surface area (Å²) >= 11 is 0. The van der Waals surface area contributed by atoms with E-state index in [9.17, 15) is 13.2 Å². The average Bonchev–Trinajstić information content (AvgIpc) is 2.43. The predicted molar refractivity (Wildman–Crippen MR) is 71.1 cm³/mol. The summed E-state index contributed by atoms with van der Waals surface area (Å²) in [4.78, 5) is 0. The van der Waals surface area contributed by atoms with Crippen molar-refractivity contribution in [2.24, 2.45) is 0 Å². The molecule has 0 saturated heterocycles. The van der Waals surface area contributed by atoms with Crippen LogP contribution in [0.1, 0.15) is 11.1 Å². The van der Waals surface area contributed by atoms with Gasteiger partial charge < -0.3 is 9.84 Å². The summed E-state index contributed by atoms with van der Waals surface area (Å²) in [6, 6.07) is 6.76. The van der Waals surface area contributed by atoms with Crippen LogP contribution in [0.3, 0.4) is 0 Å². The summed E-state index contributed by atoms with van der Waals surface area (Å²) in [5.74, 6) is 3.30. The summed E-state index contributed by atoms with van der Waals surface area (Å²) < 4.78 is 44.7. The van der Waals surface area contributed by atoms with Crippen LogP contribution in [0.25, 0.3) is 0 Å². The molecule has 2 nitrogen and oxygen atoms in total. The van der Waals surface area contributed by atoms with E-state index in [1.54, 1.807) is 0 Å². The lowest BCUT2D eigenvalue weighted by molar-refractivity contribution is 0.303. The Kier molecular flexibility index (Phi) is 4.85. The van der Waals surface area contributed by atoms with E-state index in [-0.39, 0.29) is 24.5 Å². The molecule has 5 heteroatoms. The highest BCUT2D eigenvalue weighted by molar-refractivity contribution is 5.46. The van der Waals surface area contributed by atoms with E-state index in [4.69, 9.17) is 9.84 Å². The molecule has 1 N–H and O–H groups in total. The first-order valence-electron chi connectivity index (χ1n) is 6.05. The van der Waals surface area contributed by atoms with Gasteiger partial charge in [-0.3, -0.25) is 0 Å². The molecule has 0 saturated carbocycles. The van der Waals surface area contributed by atoms with E-state index in [1.165, 1.54) is 12.1 Å². The molecule has 21 heavy (non-hydrogen) atoms. The molecule has 2 rings (SSSR count). The average molecular weight is 292 g/mol. The van der Waals surface area contributed by atoms with Crippen molar-refractivity contribution in [3.05, 3.63) is 65.0 Å². The number of hydrogen-bond acceptors (Lipinski definition) is 2. The smallest absolute Gasteiger partial charge is 0.135 e. The molecule has 0 bridgehead atoms. The standard InChI is InChI=1S/C16H11F3O2/c17-13-3-4-16(12(8-13)2-1-5-20)21-10-11-6-14(18)9-15(19)7-11/h3-4,6-9,20H,5,10H2. The molecule has 0 amide bonds. The van der Waals surface area contributed by atoms with Crippen LogP contribution in [0, 0.1) is 29.3 Å². The van der Waals surface area contributed by atoms with Gasteiger partial charge in [0.1, 0.15) is 36.4 Å². The second kappa shape index (κ2) is 6.82. The molecule has 0 aliphatic heterocycles. The Balaban J connectivity index is 2.19. The second-order valence-electron chi connectivity index (χ2n) is 4.17. The van der Waals surface area contributed by atoms with Crippen LogP contribution in [-0.4, -0.2) is 11.7 Å². The van der Waals surface area contributed by atoms with Crippen molar-refractivity contribution < 1.29 is 23.0 Å². The van der Waals surface area contributed by atoms with E-state index >= 15 is 0 Å². The van der Waals surface area contributed by atoms with Gasteiger partial charge in [-0.15, -0.1) is 0 Å². The van der Waals surface area contributed by atoms with E-state index < -0.39 is 17.5 Å². The Morgan fingerprint density at radius 3 is 2.33 bits per heavy atom. The minimum absolute atomic E-state index is 0.0892. The highest BCUT2D eigenvalue weighted by Crippen LogP contribution is 2.20. The lowest BCUT2D eigenvalue weighted by Crippen LogP contribution is -1.99. The Hall–Kier alpha value is -2.45. The second-order valence-corrected chi connectivity index (χ2v) is 4.17. The first-order valence-corrected chi connectivity index (χ1v) is 6.05. The van der Waals surface area contributed by atoms with Crippen molar-refractivity contribution in [3.63, 3.8) is 0 Å². The molecular formula is C16H11F3O2. The molecule has 0 aliphatic carbocycles. The predicted octanol–water partition coefficient (Wildman–Crippen LogP) is 3.03. The zero-order valence-electron chi connectivity index (χ0n) is 10.9. The van der Waals surface area contributed by atoms with Gasteiger partial charge in [-0.2, -0.15) is 0 Å². The first kappa shape index (κ1) is 14.9. The van der Waals surface area contributed by atoms with Gasteiger partial charge in [0, 0.05) is 6.07 Å². The Morgan fingerprint density at radius 1 is 0.952 bits per heavy atom. The number of hydrogen-bond donors (Lipinski definition) is 1. The lowest BCUT2D eigenvalue weighted by Gasteiger charge is -2.09. The van der Waals surface area contributed by atoms with Gasteiger partial charge in [0.25, 0.3) is 0 Å². The third-order valence-electron chi connectivity index (χ3n) is 2.56. The maximum Gasteiger partial charge on any atom is 0.135 e. The number of halogens is 3. The van der Waals surface area contributed by atoms with E-state index in [0.29, 0.717) is 5.56 Å². The van der Waals surface area contributed by atoms with Crippen LogP contribution in [0.5, 0.6) is 5.75 Å². The zero-order chi connectivity index (χ0) is 15.2. The SMILES string of the molecule is OCC#Cc1cc(F)ccc1OCc1cc(F)cc(F)c1. The van der Waals surface area contributed by atoms with Crippen molar-refractivity contribution in [1.29, 1.82) is 0 Å². The minimum Gasteiger partial charge on any atom is -0.488 e. The van der Waals surface area contributed by atoms with E-state index in [0.717, 1.165) is 24.3 Å². The molecule has 0 aromatic heterocycles. The fraction of sp³-hybridized carbons (Fsp3) is 0.125. The van der Waals surface area contributed by atoms with E-state index in [2.05, 4.69) is 11.8 Å². The van der Waals surface area contributed by atoms with Crippen molar-refractivity contribution in [2.45, 2.75) is 6.61 Å². The molecule has 108 valence electrons. The van der Waals surface area contributed by atoms with Crippen LogP contribution in [0.4, 0.5) is 13.2 Å². The van der Waals surface area contributed by atoms with Crippen molar-refractivity contribution in [2.75, 3.05) is 6.61 Å². The number of rotatable bonds is 3. The molecule has 0 radical (unpaired) electrons. The van der Waals surface area contributed by atoms with Crippen LogP contribution in [0.15, 0.2) is 36.4 Å². The van der Waals surface area contributed by atoms with Crippen LogP contribution < -0.4 is 4.74 Å². The molecule has 0 aliphatic rings. The first-order chi connectivity index (χ1) is 10.1. The monoisotopic (exact) mass is 292 g/mol. The van der Waals surface area contributed by atoms with Crippen LogP contribution in [-0.2, 0) is 6.61 Å². The summed E-state index contributed by atoms with van der Waals surface area (Å²) in [7, 11) is 0. The molecule has 2 aromatic rings. The third-order valence-corrected chi connectivity index (χ3v) is 2.56. The molecule has 0 fully saturated rings. The molecule has 2 aromatic carbocycles. The number of aliphatic hydroxyl groups is 1. The molecule has 0 spiro atoms. The Morgan fingerprint density at radius 2 is 1.67 bits per heavy atom. The fourth-order valence-electron chi connectivity index (χ4n) is 1.72. The van der Waals surface area contributed by atoms with Gasteiger partial charge in [0.15, 0.2) is 0 Å². The number of ether oxygens (including phenoxy) is 1. The van der Waals surface area contributed by atoms with Gasteiger partial charge in [-0.25, -0.2) is 13.2 Å². The quantitative estimate of drug-likeness (QED) is 0.881. The normalized spacial score (nSPS) is 9.90. The van der Waals surface area contributed by atoms with Gasteiger partial charge >= 0.3 is 0 Å². The molecule has 0 atom stereocenters. The van der Waals surface area contributed by atoms with Crippen molar-refractivity contribution in [1.82, 2.24) is 0 Å². The van der Waals surface area contributed by atoms with Gasteiger partial charge in [-0.1, -0.05) is 11.8 Å². The van der Waals surface area contributed by atoms with Crippen molar-refractivity contribution in [3.8, 4) is 17.6 Å². The van der Waals surface area contributed by atoms with Crippen molar-refractivity contribution >= 4 is 0 Å². The van der Waals surface area contributed by atoms with Gasteiger partial charge in [0.2, 0.25) is 0 Å². The molecule has 0 unspecified atom stereocenters. The minimum atomic E-state index is -0.701. The zero-order valence-corrected chi connectivity index (χ0v) is 10.9. The maximum absolute atomic E-state index is 13.2. The topological polar surface area (TPSA) is 29.5 Å². The largest absolute Gasteiger partial charge is 0.488 e. The highest BCUT2D eigenvalue weighted by Gasteiger charge is 2.06. The molecular weight excluding hydrogens is 281 g/mol. The highest BCUT2D eigenvalue weighted by atomic mass is 19.1. The maximum atomic E-state index is 13.2. The summed E-state index contributed by atoms with van der Waals surface area (Å²) in [6.07, 6.45) is 0. The molecule has 0 heterocycles. The summed E-state index contributed by atoms with van der Waals surface area (Å²) in [6.45, 7) is -0.459. The summed E-state index contributed by atoms with van der Waals surface area (Å²) in [5.41, 5.74) is 0.554.